The Balaban J connectivity index is 2.20. The van der Waals surface area contributed by atoms with Crippen LogP contribution in [0.5, 0.6) is 5.75 Å². The van der Waals surface area contributed by atoms with Crippen LogP contribution in [-0.2, 0) is 4.79 Å². The molecule has 2 amide bonds. The number of benzene rings is 1. The molecule has 1 heterocycles. The molecule has 0 saturated carbocycles. The van der Waals surface area contributed by atoms with Crippen LogP contribution in [0.1, 0.15) is 31.1 Å². The van der Waals surface area contributed by atoms with Crippen LogP contribution < -0.4 is 10.5 Å². The van der Waals surface area contributed by atoms with Gasteiger partial charge in [-0.25, -0.2) is 0 Å². The Hall–Kier alpha value is -2.04. The lowest BCUT2D eigenvalue weighted by Crippen LogP contribution is -2.32. The number of nitrogens with two attached hydrogens (primary N) is 1. The van der Waals surface area contributed by atoms with Gasteiger partial charge in [0.25, 0.3) is 5.91 Å². The average Bonchev–Trinajstić information content (AvgIpc) is 2.80. The summed E-state index contributed by atoms with van der Waals surface area (Å²) in [5.74, 6) is -0.0594. The molecule has 1 fully saturated rings. The van der Waals surface area contributed by atoms with Crippen LogP contribution in [0, 0.1) is 11.8 Å². The maximum absolute atomic E-state index is 12.7. The molecular formula is C16H22N2O3. The Morgan fingerprint density at radius 3 is 2.52 bits per heavy atom. The van der Waals surface area contributed by atoms with Crippen molar-refractivity contribution < 1.29 is 14.3 Å². The quantitative estimate of drug-likeness (QED) is 0.916. The number of hydrogen-bond acceptors (Lipinski definition) is 3. The molecule has 0 aromatic heterocycles. The van der Waals surface area contributed by atoms with Gasteiger partial charge in [0, 0.05) is 13.1 Å². The molecule has 0 aliphatic carbocycles. The first-order chi connectivity index (χ1) is 9.90. The van der Waals surface area contributed by atoms with Gasteiger partial charge in [-0.1, -0.05) is 19.1 Å². The monoisotopic (exact) mass is 290 g/mol. The van der Waals surface area contributed by atoms with Gasteiger partial charge in [-0.3, -0.25) is 9.59 Å². The van der Waals surface area contributed by atoms with Crippen LogP contribution in [-0.4, -0.2) is 35.9 Å². The van der Waals surface area contributed by atoms with E-state index in [0.29, 0.717) is 24.4 Å². The lowest BCUT2D eigenvalue weighted by atomic mass is 9.98. The van der Waals surface area contributed by atoms with Gasteiger partial charge in [-0.15, -0.1) is 0 Å². The molecule has 5 nitrogen and oxygen atoms in total. The fourth-order valence-electron chi connectivity index (χ4n) is 2.67. The fraction of sp³-hybridized carbons (Fsp3) is 0.500. The summed E-state index contributed by atoms with van der Waals surface area (Å²) in [4.78, 5) is 25.7. The maximum Gasteiger partial charge on any atom is 0.257 e. The predicted molar refractivity (Wildman–Crippen MR) is 80.0 cm³/mol. The lowest BCUT2D eigenvalue weighted by molar-refractivity contribution is -0.122. The predicted octanol–water partition coefficient (Wildman–Crippen LogP) is 1.67. The van der Waals surface area contributed by atoms with Crippen LogP contribution in [0.3, 0.4) is 0 Å². The van der Waals surface area contributed by atoms with Crippen molar-refractivity contribution in [2.24, 2.45) is 17.6 Å². The van der Waals surface area contributed by atoms with Crippen molar-refractivity contribution in [3.05, 3.63) is 29.8 Å². The highest BCUT2D eigenvalue weighted by Gasteiger charge is 2.36. The van der Waals surface area contributed by atoms with Crippen molar-refractivity contribution in [2.75, 3.05) is 13.1 Å². The van der Waals surface area contributed by atoms with Crippen molar-refractivity contribution in [1.82, 2.24) is 4.90 Å². The third-order valence-electron chi connectivity index (χ3n) is 3.75. The second-order valence-corrected chi connectivity index (χ2v) is 5.86. The number of amides is 2. The number of likely N-dealkylation sites (tertiary alicyclic amines) is 1. The highest BCUT2D eigenvalue weighted by molar-refractivity contribution is 5.97. The van der Waals surface area contributed by atoms with E-state index < -0.39 is 0 Å². The van der Waals surface area contributed by atoms with Gasteiger partial charge in [0.2, 0.25) is 5.91 Å². The van der Waals surface area contributed by atoms with Gasteiger partial charge in [0.1, 0.15) is 5.75 Å². The molecule has 2 atom stereocenters. The van der Waals surface area contributed by atoms with Gasteiger partial charge < -0.3 is 15.4 Å². The number of nitrogens with zero attached hydrogens (tertiary/aromatic N) is 1. The Kier molecular flexibility index (Phi) is 4.50. The molecule has 1 saturated heterocycles. The van der Waals surface area contributed by atoms with E-state index in [-0.39, 0.29) is 29.8 Å². The van der Waals surface area contributed by atoms with Crippen LogP contribution in [0.25, 0.3) is 0 Å². The molecular weight excluding hydrogens is 268 g/mol. The van der Waals surface area contributed by atoms with Gasteiger partial charge >= 0.3 is 0 Å². The van der Waals surface area contributed by atoms with Crippen LogP contribution in [0.2, 0.25) is 0 Å². The Labute approximate surface area is 125 Å². The number of para-hydroxylation sites is 1. The molecule has 1 aromatic carbocycles. The summed E-state index contributed by atoms with van der Waals surface area (Å²) in [5.41, 5.74) is 5.91. The first-order valence-electron chi connectivity index (χ1n) is 7.24. The Morgan fingerprint density at radius 1 is 1.29 bits per heavy atom. The highest BCUT2D eigenvalue weighted by Crippen LogP contribution is 2.27. The lowest BCUT2D eigenvalue weighted by Gasteiger charge is -2.19. The van der Waals surface area contributed by atoms with Crippen LogP contribution in [0.4, 0.5) is 0 Å². The largest absolute Gasteiger partial charge is 0.490 e. The number of primary amides is 1. The first kappa shape index (κ1) is 15.4. The second-order valence-electron chi connectivity index (χ2n) is 5.86. The maximum atomic E-state index is 12.7. The van der Waals surface area contributed by atoms with E-state index in [1.54, 1.807) is 17.0 Å². The summed E-state index contributed by atoms with van der Waals surface area (Å²) in [7, 11) is 0. The number of carbonyl (C=O) groups is 2. The molecule has 0 spiro atoms. The van der Waals surface area contributed by atoms with Crippen molar-refractivity contribution in [3.63, 3.8) is 0 Å². The van der Waals surface area contributed by atoms with Gasteiger partial charge in [-0.05, 0) is 31.9 Å². The van der Waals surface area contributed by atoms with Crippen molar-refractivity contribution in [2.45, 2.75) is 26.9 Å². The van der Waals surface area contributed by atoms with Crippen molar-refractivity contribution >= 4 is 11.8 Å². The number of ether oxygens (including phenoxy) is 1. The summed E-state index contributed by atoms with van der Waals surface area (Å²) in [6.07, 6.45) is -0.00480. The average molecular weight is 290 g/mol. The summed E-state index contributed by atoms with van der Waals surface area (Å²) >= 11 is 0. The van der Waals surface area contributed by atoms with E-state index in [0.717, 1.165) is 0 Å². The molecule has 1 aliphatic heterocycles. The summed E-state index contributed by atoms with van der Waals surface area (Å²) < 4.78 is 5.69. The van der Waals surface area contributed by atoms with E-state index >= 15 is 0 Å². The second kappa shape index (κ2) is 6.16. The highest BCUT2D eigenvalue weighted by atomic mass is 16.5. The number of carbonyl (C=O) groups excluding carboxylic acids is 2. The summed E-state index contributed by atoms with van der Waals surface area (Å²) in [5, 5.41) is 0. The van der Waals surface area contributed by atoms with Crippen molar-refractivity contribution in [3.8, 4) is 5.75 Å². The number of hydrogen-bond donors (Lipinski definition) is 1. The minimum absolute atomic E-state index is 0.00480. The zero-order valence-corrected chi connectivity index (χ0v) is 12.7. The zero-order chi connectivity index (χ0) is 15.6. The number of rotatable bonds is 4. The third kappa shape index (κ3) is 3.35. The van der Waals surface area contributed by atoms with E-state index in [4.69, 9.17) is 10.5 Å². The van der Waals surface area contributed by atoms with E-state index in [9.17, 15) is 9.59 Å². The minimum atomic E-state index is -0.343. The smallest absolute Gasteiger partial charge is 0.257 e. The summed E-state index contributed by atoms with van der Waals surface area (Å²) in [6, 6.07) is 7.19. The molecule has 114 valence electrons. The molecule has 0 radical (unpaired) electrons. The van der Waals surface area contributed by atoms with E-state index in [2.05, 4.69) is 0 Å². The topological polar surface area (TPSA) is 72.6 Å². The first-order valence-corrected chi connectivity index (χ1v) is 7.24. The molecule has 21 heavy (non-hydrogen) atoms. The normalized spacial score (nSPS) is 21.6. The van der Waals surface area contributed by atoms with Gasteiger partial charge in [-0.2, -0.15) is 0 Å². The van der Waals surface area contributed by atoms with Crippen molar-refractivity contribution in [1.29, 1.82) is 0 Å². The van der Waals surface area contributed by atoms with Crippen LogP contribution >= 0.6 is 0 Å². The molecule has 2 rings (SSSR count). The SMILES string of the molecule is CC(C)Oc1ccccc1C(=O)N1C[C@@H](C)[C@H](C(N)=O)C1. The fourth-order valence-corrected chi connectivity index (χ4v) is 2.67. The van der Waals surface area contributed by atoms with E-state index in [1.165, 1.54) is 0 Å². The minimum Gasteiger partial charge on any atom is -0.490 e. The Bertz CT molecular complexity index is 542. The Morgan fingerprint density at radius 2 is 1.95 bits per heavy atom. The zero-order valence-electron chi connectivity index (χ0n) is 12.7. The molecule has 1 aliphatic rings. The molecule has 1 aromatic rings. The molecule has 0 bridgehead atoms. The molecule has 5 heteroatoms. The van der Waals surface area contributed by atoms with Crippen LogP contribution in [0.15, 0.2) is 24.3 Å². The van der Waals surface area contributed by atoms with Gasteiger partial charge in [0.15, 0.2) is 0 Å². The summed E-state index contributed by atoms with van der Waals surface area (Å²) in [6.45, 7) is 6.71. The third-order valence-corrected chi connectivity index (χ3v) is 3.75. The van der Waals surface area contributed by atoms with E-state index in [1.807, 2.05) is 32.9 Å². The standard InChI is InChI=1S/C16H22N2O3/c1-10(2)21-14-7-5-4-6-12(14)16(20)18-8-11(3)13(9-18)15(17)19/h4-7,10-11,13H,8-9H2,1-3H3,(H2,17,19)/t11-,13-/m1/s1. The van der Waals surface area contributed by atoms with Gasteiger partial charge in [0.05, 0.1) is 17.6 Å². The molecule has 2 N–H and O–H groups in total. The molecule has 0 unspecified atom stereocenters.